The monoisotopic (exact) mass is 218 g/mol. The van der Waals surface area contributed by atoms with Crippen LogP contribution in [0.3, 0.4) is 0 Å². The van der Waals surface area contributed by atoms with E-state index in [9.17, 15) is 0 Å². The normalized spacial score (nSPS) is 10.6. The molecule has 0 bridgehead atoms. The van der Waals surface area contributed by atoms with Crippen molar-refractivity contribution in [2.45, 2.75) is 12.8 Å². The van der Waals surface area contributed by atoms with E-state index in [4.69, 9.17) is 5.11 Å². The number of fused-ring (bicyclic) bond motifs is 1. The summed E-state index contributed by atoms with van der Waals surface area (Å²) in [6.07, 6.45) is 5.01. The fraction of sp³-hybridized carbons (Fsp3) is 0.364. The number of hydrogen-bond acceptors (Lipinski definition) is 5. The summed E-state index contributed by atoms with van der Waals surface area (Å²) in [5, 5.41) is 11.8. The van der Waals surface area contributed by atoms with Gasteiger partial charge in [0.2, 0.25) is 0 Å². The third-order valence-corrected chi connectivity index (χ3v) is 2.22. The van der Waals surface area contributed by atoms with Crippen molar-refractivity contribution in [3.05, 3.63) is 24.5 Å². The van der Waals surface area contributed by atoms with E-state index in [1.165, 1.54) is 0 Å². The number of rotatable bonds is 5. The lowest BCUT2D eigenvalue weighted by Crippen LogP contribution is -2.04. The number of aliphatic hydroxyl groups excluding tert-OH is 1. The molecule has 0 aromatic carbocycles. The van der Waals surface area contributed by atoms with Crippen LogP contribution in [0.2, 0.25) is 0 Å². The molecule has 2 rings (SSSR count). The van der Waals surface area contributed by atoms with Gasteiger partial charge in [-0.3, -0.25) is 4.98 Å². The molecule has 16 heavy (non-hydrogen) atoms. The fourth-order valence-electron chi connectivity index (χ4n) is 1.41. The molecular weight excluding hydrogens is 204 g/mol. The van der Waals surface area contributed by atoms with Gasteiger partial charge in [0.05, 0.1) is 0 Å². The van der Waals surface area contributed by atoms with E-state index in [0.29, 0.717) is 5.65 Å². The first-order chi connectivity index (χ1) is 7.90. The maximum absolute atomic E-state index is 8.64. The summed E-state index contributed by atoms with van der Waals surface area (Å²) in [5.74, 6) is 0.797. The quantitative estimate of drug-likeness (QED) is 0.738. The SMILES string of the molecule is OCCCCNc1ccc2nccnc2n1. The van der Waals surface area contributed by atoms with Crippen molar-refractivity contribution in [2.75, 3.05) is 18.5 Å². The highest BCUT2D eigenvalue weighted by Crippen LogP contribution is 2.09. The molecule has 0 radical (unpaired) electrons. The molecule has 2 N–H and O–H groups in total. The minimum atomic E-state index is 0.234. The molecule has 0 saturated heterocycles. The maximum atomic E-state index is 8.64. The van der Waals surface area contributed by atoms with Gasteiger partial charge in [0.1, 0.15) is 11.3 Å². The third-order valence-electron chi connectivity index (χ3n) is 2.22. The summed E-state index contributed by atoms with van der Waals surface area (Å²) >= 11 is 0. The van der Waals surface area contributed by atoms with Crippen LogP contribution in [-0.4, -0.2) is 33.2 Å². The van der Waals surface area contributed by atoms with Gasteiger partial charge < -0.3 is 10.4 Å². The Morgan fingerprint density at radius 3 is 2.88 bits per heavy atom. The van der Waals surface area contributed by atoms with Gasteiger partial charge in [-0.2, -0.15) is 0 Å². The van der Waals surface area contributed by atoms with E-state index in [1.807, 2.05) is 12.1 Å². The van der Waals surface area contributed by atoms with Crippen LogP contribution >= 0.6 is 0 Å². The van der Waals surface area contributed by atoms with Gasteiger partial charge in [-0.05, 0) is 25.0 Å². The van der Waals surface area contributed by atoms with Gasteiger partial charge in [0.15, 0.2) is 5.65 Å². The molecular formula is C11H14N4O. The summed E-state index contributed by atoms with van der Waals surface area (Å²) in [5.41, 5.74) is 1.44. The number of nitrogens with zero attached hydrogens (tertiary/aromatic N) is 3. The number of aliphatic hydroxyl groups is 1. The van der Waals surface area contributed by atoms with Crippen LogP contribution in [-0.2, 0) is 0 Å². The number of nitrogens with one attached hydrogen (secondary N) is 1. The third kappa shape index (κ3) is 2.64. The summed E-state index contributed by atoms with van der Waals surface area (Å²) in [7, 11) is 0. The molecule has 2 heterocycles. The van der Waals surface area contributed by atoms with Crippen molar-refractivity contribution in [3.8, 4) is 0 Å². The Bertz CT molecular complexity index is 460. The molecule has 0 aliphatic heterocycles. The predicted octanol–water partition coefficient (Wildman–Crippen LogP) is 1.21. The number of hydrogen-bond donors (Lipinski definition) is 2. The summed E-state index contributed by atoms with van der Waals surface area (Å²) in [4.78, 5) is 12.6. The Hall–Kier alpha value is -1.75. The van der Waals surface area contributed by atoms with E-state index >= 15 is 0 Å². The maximum Gasteiger partial charge on any atom is 0.180 e. The second-order valence-electron chi connectivity index (χ2n) is 3.45. The first-order valence-electron chi connectivity index (χ1n) is 5.32. The van der Waals surface area contributed by atoms with Gasteiger partial charge in [-0.1, -0.05) is 0 Å². The van der Waals surface area contributed by atoms with Crippen LogP contribution in [0.25, 0.3) is 11.2 Å². The van der Waals surface area contributed by atoms with E-state index in [0.717, 1.165) is 30.7 Å². The highest BCUT2D eigenvalue weighted by molar-refractivity contribution is 5.71. The molecule has 0 unspecified atom stereocenters. The molecule has 0 aliphatic carbocycles. The zero-order chi connectivity index (χ0) is 11.2. The zero-order valence-corrected chi connectivity index (χ0v) is 8.93. The molecule has 0 spiro atoms. The molecule has 5 nitrogen and oxygen atoms in total. The number of unbranched alkanes of at least 4 members (excludes halogenated alkanes) is 1. The second-order valence-corrected chi connectivity index (χ2v) is 3.45. The largest absolute Gasteiger partial charge is 0.396 e. The first-order valence-corrected chi connectivity index (χ1v) is 5.32. The molecule has 0 amide bonds. The molecule has 2 aromatic heterocycles. The highest BCUT2D eigenvalue weighted by Gasteiger charge is 1.98. The summed E-state index contributed by atoms with van der Waals surface area (Å²) < 4.78 is 0. The zero-order valence-electron chi connectivity index (χ0n) is 8.93. The van der Waals surface area contributed by atoms with Gasteiger partial charge in [-0.25, -0.2) is 9.97 Å². The topological polar surface area (TPSA) is 70.9 Å². The highest BCUT2D eigenvalue weighted by atomic mass is 16.2. The number of anilines is 1. The Kier molecular flexibility index (Phi) is 3.61. The van der Waals surface area contributed by atoms with Crippen molar-refractivity contribution in [2.24, 2.45) is 0 Å². The Balaban J connectivity index is 2.02. The average Bonchev–Trinajstić information content (AvgIpc) is 2.34. The van der Waals surface area contributed by atoms with E-state index in [-0.39, 0.29) is 6.61 Å². The summed E-state index contributed by atoms with van der Waals surface area (Å²) in [6, 6.07) is 3.78. The predicted molar refractivity (Wildman–Crippen MR) is 62.1 cm³/mol. The Labute approximate surface area is 93.6 Å². The lowest BCUT2D eigenvalue weighted by molar-refractivity contribution is 0.286. The lowest BCUT2D eigenvalue weighted by Gasteiger charge is -2.04. The van der Waals surface area contributed by atoms with Crippen LogP contribution < -0.4 is 5.32 Å². The van der Waals surface area contributed by atoms with E-state index in [2.05, 4.69) is 20.3 Å². The standard InChI is InChI=1S/C11H14N4O/c16-8-2-1-5-13-10-4-3-9-11(15-10)14-7-6-12-9/h3-4,6-7,16H,1-2,5,8H2,(H,13,14,15). The average molecular weight is 218 g/mol. The van der Waals surface area contributed by atoms with E-state index in [1.54, 1.807) is 12.4 Å². The number of aromatic nitrogens is 3. The van der Waals surface area contributed by atoms with Crippen molar-refractivity contribution in [3.63, 3.8) is 0 Å². The van der Waals surface area contributed by atoms with Crippen LogP contribution in [0.5, 0.6) is 0 Å². The van der Waals surface area contributed by atoms with E-state index < -0.39 is 0 Å². The van der Waals surface area contributed by atoms with Crippen LogP contribution in [0, 0.1) is 0 Å². The Morgan fingerprint density at radius 1 is 1.12 bits per heavy atom. The minimum absolute atomic E-state index is 0.234. The molecule has 0 aliphatic rings. The van der Waals surface area contributed by atoms with Crippen LogP contribution in [0.4, 0.5) is 5.82 Å². The fourth-order valence-corrected chi connectivity index (χ4v) is 1.41. The van der Waals surface area contributed by atoms with Crippen molar-refractivity contribution >= 4 is 17.0 Å². The van der Waals surface area contributed by atoms with Crippen LogP contribution in [0.1, 0.15) is 12.8 Å². The molecule has 0 saturated carbocycles. The van der Waals surface area contributed by atoms with Gasteiger partial charge in [0.25, 0.3) is 0 Å². The van der Waals surface area contributed by atoms with Gasteiger partial charge >= 0.3 is 0 Å². The molecule has 84 valence electrons. The smallest absolute Gasteiger partial charge is 0.180 e. The molecule has 0 fully saturated rings. The van der Waals surface area contributed by atoms with Gasteiger partial charge in [-0.15, -0.1) is 0 Å². The van der Waals surface area contributed by atoms with Crippen molar-refractivity contribution < 1.29 is 5.11 Å². The lowest BCUT2D eigenvalue weighted by atomic mass is 10.3. The first kappa shape index (κ1) is 10.8. The molecule has 2 aromatic rings. The minimum Gasteiger partial charge on any atom is -0.396 e. The Morgan fingerprint density at radius 2 is 2.00 bits per heavy atom. The van der Waals surface area contributed by atoms with Crippen molar-refractivity contribution in [1.29, 1.82) is 0 Å². The van der Waals surface area contributed by atoms with Crippen LogP contribution in [0.15, 0.2) is 24.5 Å². The van der Waals surface area contributed by atoms with Crippen molar-refractivity contribution in [1.82, 2.24) is 15.0 Å². The number of pyridine rings is 1. The second kappa shape index (κ2) is 5.37. The summed E-state index contributed by atoms with van der Waals surface area (Å²) in [6.45, 7) is 1.04. The van der Waals surface area contributed by atoms with Gasteiger partial charge in [0, 0.05) is 25.5 Å². The molecule has 0 atom stereocenters. The molecule has 5 heteroatoms.